The van der Waals surface area contributed by atoms with E-state index in [0.29, 0.717) is 18.7 Å². The van der Waals surface area contributed by atoms with E-state index < -0.39 is 0 Å². The first-order valence-electron chi connectivity index (χ1n) is 10.3. The molecule has 2 unspecified atom stereocenters. The lowest BCUT2D eigenvalue weighted by atomic mass is 10.0. The molecule has 0 saturated carbocycles. The Bertz CT molecular complexity index is 825. The van der Waals surface area contributed by atoms with Crippen molar-refractivity contribution in [2.75, 3.05) is 13.2 Å². The second-order valence-electron chi connectivity index (χ2n) is 8.07. The zero-order chi connectivity index (χ0) is 20.7. The molecule has 1 amide bonds. The van der Waals surface area contributed by atoms with E-state index in [4.69, 9.17) is 9.47 Å². The van der Waals surface area contributed by atoms with Gasteiger partial charge < -0.3 is 14.8 Å². The number of benzene rings is 2. The van der Waals surface area contributed by atoms with Crippen LogP contribution in [0.3, 0.4) is 0 Å². The minimum Gasteiger partial charge on any atom is -0.491 e. The summed E-state index contributed by atoms with van der Waals surface area (Å²) >= 11 is 0. The lowest BCUT2D eigenvalue weighted by Gasteiger charge is -2.08. The van der Waals surface area contributed by atoms with Crippen LogP contribution >= 0.6 is 0 Å². The van der Waals surface area contributed by atoms with Crippen molar-refractivity contribution in [3.63, 3.8) is 0 Å². The van der Waals surface area contributed by atoms with Gasteiger partial charge in [-0.2, -0.15) is 0 Å². The Kier molecular flexibility index (Phi) is 7.10. The molecule has 3 rings (SSSR count). The molecule has 1 heterocycles. The first-order chi connectivity index (χ1) is 14.0. The SMILES string of the molecule is CC(C)=CCCC1(C)OC1COc1ccc(CCNC(=O)c2ccccc2)cc1. The molecule has 0 spiro atoms. The summed E-state index contributed by atoms with van der Waals surface area (Å²) in [4.78, 5) is 12.0. The molecule has 0 aliphatic carbocycles. The van der Waals surface area contributed by atoms with Gasteiger partial charge in [-0.25, -0.2) is 0 Å². The highest BCUT2D eigenvalue weighted by Crippen LogP contribution is 2.40. The second kappa shape index (κ2) is 9.75. The smallest absolute Gasteiger partial charge is 0.251 e. The number of amides is 1. The van der Waals surface area contributed by atoms with Gasteiger partial charge in [0.25, 0.3) is 5.91 Å². The van der Waals surface area contributed by atoms with Gasteiger partial charge in [0.15, 0.2) is 0 Å². The van der Waals surface area contributed by atoms with Crippen LogP contribution in [0.1, 0.15) is 49.5 Å². The van der Waals surface area contributed by atoms with Gasteiger partial charge in [0.2, 0.25) is 0 Å². The lowest BCUT2D eigenvalue weighted by molar-refractivity contribution is 0.0954. The molecule has 1 aliphatic rings. The van der Waals surface area contributed by atoms with Gasteiger partial charge in [-0.3, -0.25) is 4.79 Å². The van der Waals surface area contributed by atoms with Gasteiger partial charge in [0.1, 0.15) is 18.5 Å². The van der Waals surface area contributed by atoms with Crippen LogP contribution in [0.15, 0.2) is 66.2 Å². The number of carbonyl (C=O) groups is 1. The van der Waals surface area contributed by atoms with Crippen LogP contribution in [0.2, 0.25) is 0 Å². The number of rotatable bonds is 10. The third-order valence-corrected chi connectivity index (χ3v) is 5.29. The monoisotopic (exact) mass is 393 g/mol. The largest absolute Gasteiger partial charge is 0.491 e. The summed E-state index contributed by atoms with van der Waals surface area (Å²) in [6.07, 6.45) is 5.28. The van der Waals surface area contributed by atoms with Gasteiger partial charge in [0, 0.05) is 12.1 Å². The number of hydrogen-bond donors (Lipinski definition) is 1. The van der Waals surface area contributed by atoms with Crippen LogP contribution in [-0.4, -0.2) is 30.8 Å². The maximum atomic E-state index is 12.0. The maximum absolute atomic E-state index is 12.0. The zero-order valence-electron chi connectivity index (χ0n) is 17.6. The normalized spacial score (nSPS) is 20.0. The molecule has 2 aromatic rings. The Hall–Kier alpha value is -2.59. The Morgan fingerprint density at radius 1 is 1.14 bits per heavy atom. The van der Waals surface area contributed by atoms with E-state index in [2.05, 4.69) is 32.2 Å². The Morgan fingerprint density at radius 3 is 2.55 bits per heavy atom. The number of epoxide rings is 1. The van der Waals surface area contributed by atoms with Crippen molar-refractivity contribution >= 4 is 5.91 Å². The zero-order valence-corrected chi connectivity index (χ0v) is 17.6. The molecule has 0 radical (unpaired) electrons. The predicted octanol–water partition coefficient (Wildman–Crippen LogP) is 4.94. The van der Waals surface area contributed by atoms with E-state index in [1.807, 2.05) is 54.6 Å². The number of ether oxygens (including phenoxy) is 2. The van der Waals surface area contributed by atoms with Gasteiger partial charge in [0.05, 0.1) is 5.60 Å². The summed E-state index contributed by atoms with van der Waals surface area (Å²) in [7, 11) is 0. The van der Waals surface area contributed by atoms with Crippen LogP contribution in [-0.2, 0) is 11.2 Å². The summed E-state index contributed by atoms with van der Waals surface area (Å²) in [6.45, 7) is 7.59. The summed E-state index contributed by atoms with van der Waals surface area (Å²) in [5.41, 5.74) is 3.15. The molecular formula is C25H31NO3. The van der Waals surface area contributed by atoms with E-state index in [-0.39, 0.29) is 17.6 Å². The number of nitrogens with one attached hydrogen (secondary N) is 1. The summed E-state index contributed by atoms with van der Waals surface area (Å²) < 4.78 is 11.7. The van der Waals surface area contributed by atoms with Crippen LogP contribution in [0.5, 0.6) is 5.75 Å². The molecule has 4 nitrogen and oxygen atoms in total. The van der Waals surface area contributed by atoms with Crippen molar-refractivity contribution in [1.29, 1.82) is 0 Å². The predicted molar refractivity (Wildman–Crippen MR) is 116 cm³/mol. The molecule has 4 heteroatoms. The number of allylic oxidation sites excluding steroid dienone is 2. The summed E-state index contributed by atoms with van der Waals surface area (Å²) in [5, 5.41) is 2.95. The van der Waals surface area contributed by atoms with E-state index >= 15 is 0 Å². The van der Waals surface area contributed by atoms with E-state index in [1.54, 1.807) is 0 Å². The van der Waals surface area contributed by atoms with Crippen LogP contribution < -0.4 is 10.1 Å². The van der Waals surface area contributed by atoms with E-state index in [0.717, 1.165) is 25.0 Å². The van der Waals surface area contributed by atoms with Crippen LogP contribution in [0.25, 0.3) is 0 Å². The van der Waals surface area contributed by atoms with Gasteiger partial charge >= 0.3 is 0 Å². The molecule has 29 heavy (non-hydrogen) atoms. The van der Waals surface area contributed by atoms with Crippen molar-refractivity contribution in [2.24, 2.45) is 0 Å². The topological polar surface area (TPSA) is 50.9 Å². The Morgan fingerprint density at radius 2 is 1.86 bits per heavy atom. The molecule has 0 bridgehead atoms. The molecular weight excluding hydrogens is 362 g/mol. The van der Waals surface area contributed by atoms with E-state index in [1.165, 1.54) is 11.1 Å². The fourth-order valence-corrected chi connectivity index (χ4v) is 3.30. The third-order valence-electron chi connectivity index (χ3n) is 5.29. The van der Waals surface area contributed by atoms with Gasteiger partial charge in [-0.15, -0.1) is 0 Å². The second-order valence-corrected chi connectivity index (χ2v) is 8.07. The highest BCUT2D eigenvalue weighted by Gasteiger charge is 2.51. The van der Waals surface area contributed by atoms with Crippen LogP contribution in [0, 0.1) is 0 Å². The number of hydrogen-bond acceptors (Lipinski definition) is 3. The quantitative estimate of drug-likeness (QED) is 0.459. The van der Waals surface area contributed by atoms with Crippen LogP contribution in [0.4, 0.5) is 0 Å². The van der Waals surface area contributed by atoms with Crippen molar-refractivity contribution in [3.05, 3.63) is 77.4 Å². The van der Waals surface area contributed by atoms with Gasteiger partial charge in [-0.05, 0) is 69.9 Å². The summed E-state index contributed by atoms with van der Waals surface area (Å²) in [6, 6.07) is 17.3. The van der Waals surface area contributed by atoms with Crippen molar-refractivity contribution in [1.82, 2.24) is 5.32 Å². The minimum absolute atomic E-state index is 0.0392. The summed E-state index contributed by atoms with van der Waals surface area (Å²) in [5.74, 6) is 0.812. The molecule has 2 aromatic carbocycles. The first kappa shape index (κ1) is 21.1. The van der Waals surface area contributed by atoms with Crippen molar-refractivity contribution in [2.45, 2.75) is 51.7 Å². The molecule has 154 valence electrons. The minimum atomic E-state index is -0.0527. The highest BCUT2D eigenvalue weighted by atomic mass is 16.6. The Balaban J connectivity index is 1.36. The molecule has 1 fully saturated rings. The average molecular weight is 394 g/mol. The highest BCUT2D eigenvalue weighted by molar-refractivity contribution is 5.94. The lowest BCUT2D eigenvalue weighted by Crippen LogP contribution is -2.25. The van der Waals surface area contributed by atoms with Crippen molar-refractivity contribution in [3.8, 4) is 5.75 Å². The molecule has 2 atom stereocenters. The van der Waals surface area contributed by atoms with E-state index in [9.17, 15) is 4.79 Å². The third kappa shape index (κ3) is 6.47. The molecule has 0 aromatic heterocycles. The van der Waals surface area contributed by atoms with Crippen molar-refractivity contribution < 1.29 is 14.3 Å². The van der Waals surface area contributed by atoms with Gasteiger partial charge in [-0.1, -0.05) is 42.0 Å². The molecule has 1 aliphatic heterocycles. The Labute approximate surface area is 173 Å². The molecule has 1 saturated heterocycles. The fourth-order valence-electron chi connectivity index (χ4n) is 3.30. The first-order valence-corrected chi connectivity index (χ1v) is 10.3. The standard InChI is InChI=1S/C25H31NO3/c1-19(2)8-7-16-25(3)23(29-25)18-28-22-13-11-20(12-14-22)15-17-26-24(27)21-9-5-4-6-10-21/h4-6,8-14,23H,7,15-18H2,1-3H3,(H,26,27). The number of carbonyl (C=O) groups excluding carboxylic acids is 1. The average Bonchev–Trinajstić information content (AvgIpc) is 3.37. The molecule has 1 N–H and O–H groups in total. The maximum Gasteiger partial charge on any atom is 0.251 e. The fraction of sp³-hybridized carbons (Fsp3) is 0.400.